The van der Waals surface area contributed by atoms with Crippen molar-refractivity contribution < 1.29 is 4.74 Å². The number of nitrogens with two attached hydrogens (primary N) is 1. The molecule has 2 nitrogen and oxygen atoms in total. The molecule has 1 aromatic rings. The zero-order valence-electron chi connectivity index (χ0n) is 8.83. The van der Waals surface area contributed by atoms with E-state index >= 15 is 0 Å². The smallest absolute Gasteiger partial charge is 0.0470 e. The summed E-state index contributed by atoms with van der Waals surface area (Å²) >= 11 is 5.35. The third-order valence-electron chi connectivity index (χ3n) is 2.01. The lowest BCUT2D eigenvalue weighted by atomic mass is 10.2. The van der Waals surface area contributed by atoms with Crippen molar-refractivity contribution in [2.75, 3.05) is 19.5 Å². The molecule has 4 heteroatoms. The number of thioether (sulfide) groups is 1. The Hall–Kier alpha value is -0.0300. The Kier molecular flexibility index (Phi) is 6.32. The van der Waals surface area contributed by atoms with Crippen LogP contribution in [0.5, 0.6) is 0 Å². The van der Waals surface area contributed by atoms with E-state index in [0.29, 0.717) is 6.54 Å². The van der Waals surface area contributed by atoms with E-state index < -0.39 is 0 Å². The van der Waals surface area contributed by atoms with Crippen LogP contribution in [0.2, 0.25) is 0 Å². The summed E-state index contributed by atoms with van der Waals surface area (Å²) in [6, 6.07) is 6.31. The Morgan fingerprint density at radius 1 is 1.47 bits per heavy atom. The molecule has 0 bridgehead atoms. The van der Waals surface area contributed by atoms with Crippen LogP contribution >= 0.6 is 27.7 Å². The lowest BCUT2D eigenvalue weighted by Gasteiger charge is -2.05. The minimum Gasteiger partial charge on any atom is -0.385 e. The first-order chi connectivity index (χ1) is 7.27. The monoisotopic (exact) mass is 289 g/mol. The van der Waals surface area contributed by atoms with Crippen molar-refractivity contribution in [1.82, 2.24) is 0 Å². The van der Waals surface area contributed by atoms with Gasteiger partial charge in [-0.25, -0.2) is 0 Å². The van der Waals surface area contributed by atoms with Crippen molar-refractivity contribution >= 4 is 27.7 Å². The van der Waals surface area contributed by atoms with Gasteiger partial charge in [0.1, 0.15) is 0 Å². The first-order valence-electron chi connectivity index (χ1n) is 4.88. The lowest BCUT2D eigenvalue weighted by molar-refractivity contribution is 0.200. The van der Waals surface area contributed by atoms with Gasteiger partial charge in [-0.3, -0.25) is 0 Å². The maximum Gasteiger partial charge on any atom is 0.0470 e. The maximum absolute atomic E-state index is 5.59. The molecule has 84 valence electrons. The molecule has 1 rings (SSSR count). The standard InChI is InChI=1S/C11H16BrNOS/c1-14-5-2-6-15-10-4-3-9(8-13)11(12)7-10/h3-4,7H,2,5-6,8,13H2,1H3. The Balaban J connectivity index is 2.45. The van der Waals surface area contributed by atoms with Gasteiger partial charge in [-0.05, 0) is 24.1 Å². The first-order valence-corrected chi connectivity index (χ1v) is 6.66. The number of hydrogen-bond donors (Lipinski definition) is 1. The van der Waals surface area contributed by atoms with Gasteiger partial charge in [0.05, 0.1) is 0 Å². The van der Waals surface area contributed by atoms with Crippen molar-refractivity contribution in [3.05, 3.63) is 28.2 Å². The van der Waals surface area contributed by atoms with Crippen LogP contribution < -0.4 is 5.73 Å². The van der Waals surface area contributed by atoms with Crippen LogP contribution in [0.4, 0.5) is 0 Å². The van der Waals surface area contributed by atoms with Crippen LogP contribution in [0, 0.1) is 0 Å². The Labute approximate surface area is 104 Å². The minimum absolute atomic E-state index is 0.579. The van der Waals surface area contributed by atoms with Crippen molar-refractivity contribution in [3.63, 3.8) is 0 Å². The normalized spacial score (nSPS) is 10.6. The van der Waals surface area contributed by atoms with E-state index in [1.165, 1.54) is 4.90 Å². The second-order valence-corrected chi connectivity index (χ2v) is 5.17. The highest BCUT2D eigenvalue weighted by Gasteiger charge is 2.00. The number of hydrogen-bond acceptors (Lipinski definition) is 3. The van der Waals surface area contributed by atoms with E-state index in [2.05, 4.69) is 34.1 Å². The van der Waals surface area contributed by atoms with Gasteiger partial charge in [0.25, 0.3) is 0 Å². The van der Waals surface area contributed by atoms with Gasteiger partial charge in [-0.1, -0.05) is 22.0 Å². The van der Waals surface area contributed by atoms with Crippen LogP contribution in [0.1, 0.15) is 12.0 Å². The van der Waals surface area contributed by atoms with Gasteiger partial charge in [0.2, 0.25) is 0 Å². The average Bonchev–Trinajstić information content (AvgIpc) is 2.25. The highest BCUT2D eigenvalue weighted by molar-refractivity contribution is 9.10. The van der Waals surface area contributed by atoms with Crippen LogP contribution in [-0.2, 0) is 11.3 Å². The van der Waals surface area contributed by atoms with E-state index in [1.807, 2.05) is 11.8 Å². The molecule has 0 aromatic heterocycles. The number of rotatable bonds is 6. The maximum atomic E-state index is 5.59. The summed E-state index contributed by atoms with van der Waals surface area (Å²) in [6.45, 7) is 1.41. The highest BCUT2D eigenvalue weighted by atomic mass is 79.9. The third kappa shape index (κ3) is 4.55. The van der Waals surface area contributed by atoms with E-state index in [9.17, 15) is 0 Å². The summed E-state index contributed by atoms with van der Waals surface area (Å²) < 4.78 is 6.10. The second kappa shape index (κ2) is 7.28. The molecule has 15 heavy (non-hydrogen) atoms. The van der Waals surface area contributed by atoms with Gasteiger partial charge in [0.15, 0.2) is 0 Å². The summed E-state index contributed by atoms with van der Waals surface area (Å²) in [5.74, 6) is 1.09. The molecule has 2 N–H and O–H groups in total. The molecule has 0 fully saturated rings. The molecule has 0 atom stereocenters. The lowest BCUT2D eigenvalue weighted by Crippen LogP contribution is -1.97. The predicted octanol–water partition coefficient (Wildman–Crippen LogP) is 3.04. The van der Waals surface area contributed by atoms with Gasteiger partial charge >= 0.3 is 0 Å². The predicted molar refractivity (Wildman–Crippen MR) is 69.3 cm³/mol. The fraction of sp³-hybridized carbons (Fsp3) is 0.455. The molecular weight excluding hydrogens is 274 g/mol. The summed E-state index contributed by atoms with van der Waals surface area (Å²) in [4.78, 5) is 1.27. The zero-order valence-corrected chi connectivity index (χ0v) is 11.2. The molecule has 1 aromatic carbocycles. The molecule has 0 unspecified atom stereocenters. The van der Waals surface area contributed by atoms with Crippen molar-refractivity contribution in [3.8, 4) is 0 Å². The van der Waals surface area contributed by atoms with E-state index in [1.54, 1.807) is 7.11 Å². The summed E-state index contributed by atoms with van der Waals surface area (Å²) in [5.41, 5.74) is 6.74. The highest BCUT2D eigenvalue weighted by Crippen LogP contribution is 2.25. The minimum atomic E-state index is 0.579. The fourth-order valence-electron chi connectivity index (χ4n) is 1.18. The summed E-state index contributed by atoms with van der Waals surface area (Å²) in [6.07, 6.45) is 1.08. The topological polar surface area (TPSA) is 35.2 Å². The van der Waals surface area contributed by atoms with E-state index in [0.717, 1.165) is 28.8 Å². The van der Waals surface area contributed by atoms with Crippen LogP contribution in [0.15, 0.2) is 27.6 Å². The third-order valence-corrected chi connectivity index (χ3v) is 3.82. The molecule has 0 saturated carbocycles. The molecule has 0 radical (unpaired) electrons. The molecule has 0 aliphatic carbocycles. The molecule has 0 spiro atoms. The zero-order chi connectivity index (χ0) is 11.1. The molecule has 0 amide bonds. The van der Waals surface area contributed by atoms with Crippen molar-refractivity contribution in [2.24, 2.45) is 5.73 Å². The van der Waals surface area contributed by atoms with Crippen molar-refractivity contribution in [2.45, 2.75) is 17.9 Å². The summed E-state index contributed by atoms with van der Waals surface area (Å²) in [7, 11) is 1.73. The molecule has 0 aliphatic rings. The quantitative estimate of drug-likeness (QED) is 0.646. The Morgan fingerprint density at radius 3 is 2.87 bits per heavy atom. The van der Waals surface area contributed by atoms with Crippen LogP contribution in [0.25, 0.3) is 0 Å². The van der Waals surface area contributed by atoms with Gasteiger partial charge in [-0.2, -0.15) is 0 Å². The average molecular weight is 290 g/mol. The Morgan fingerprint density at radius 2 is 2.27 bits per heavy atom. The van der Waals surface area contributed by atoms with E-state index in [-0.39, 0.29) is 0 Å². The molecule has 0 heterocycles. The van der Waals surface area contributed by atoms with Crippen LogP contribution in [-0.4, -0.2) is 19.5 Å². The Bertz CT molecular complexity index is 307. The van der Waals surface area contributed by atoms with Gasteiger partial charge in [0, 0.05) is 35.4 Å². The van der Waals surface area contributed by atoms with Gasteiger partial charge < -0.3 is 10.5 Å². The molecule has 0 aliphatic heterocycles. The molecular formula is C11H16BrNOS. The number of ether oxygens (including phenoxy) is 1. The number of benzene rings is 1. The largest absolute Gasteiger partial charge is 0.385 e. The van der Waals surface area contributed by atoms with E-state index in [4.69, 9.17) is 10.5 Å². The van der Waals surface area contributed by atoms with Crippen LogP contribution in [0.3, 0.4) is 0 Å². The van der Waals surface area contributed by atoms with Gasteiger partial charge in [-0.15, -0.1) is 11.8 Å². The number of halogens is 1. The SMILES string of the molecule is COCCCSc1ccc(CN)c(Br)c1. The summed E-state index contributed by atoms with van der Waals surface area (Å²) in [5, 5.41) is 0. The number of methoxy groups -OCH3 is 1. The molecule has 0 saturated heterocycles. The fourth-order valence-corrected chi connectivity index (χ4v) is 2.73. The second-order valence-electron chi connectivity index (χ2n) is 3.15. The van der Waals surface area contributed by atoms with Crippen molar-refractivity contribution in [1.29, 1.82) is 0 Å². The first kappa shape index (κ1) is 13.0.